The molecule has 1 saturated heterocycles. The number of nitrogens with zero attached hydrogens (tertiary/aromatic N) is 1. The molecular formula is C13H17NO2S. The highest BCUT2D eigenvalue weighted by atomic mass is 32.1. The second kappa shape index (κ2) is 5.98. The molecule has 1 unspecified atom stereocenters. The van der Waals surface area contributed by atoms with E-state index in [-0.39, 0.29) is 12.0 Å². The largest absolute Gasteiger partial charge is 0.368 e. The van der Waals surface area contributed by atoms with Crippen LogP contribution in [0.25, 0.3) is 0 Å². The van der Waals surface area contributed by atoms with Gasteiger partial charge in [0.25, 0.3) is 5.91 Å². The highest BCUT2D eigenvalue weighted by Crippen LogP contribution is 2.18. The fourth-order valence-electron chi connectivity index (χ4n) is 1.95. The van der Waals surface area contributed by atoms with Gasteiger partial charge in [-0.05, 0) is 24.3 Å². The zero-order valence-electron chi connectivity index (χ0n) is 9.80. The van der Waals surface area contributed by atoms with Crippen molar-refractivity contribution in [1.82, 2.24) is 4.90 Å². The molecule has 0 spiro atoms. The van der Waals surface area contributed by atoms with Crippen molar-refractivity contribution < 1.29 is 9.53 Å². The Morgan fingerprint density at radius 3 is 3.18 bits per heavy atom. The molecule has 0 aliphatic carbocycles. The maximum absolute atomic E-state index is 12.2. The van der Waals surface area contributed by atoms with Gasteiger partial charge >= 0.3 is 0 Å². The van der Waals surface area contributed by atoms with Gasteiger partial charge in [0, 0.05) is 18.0 Å². The summed E-state index contributed by atoms with van der Waals surface area (Å²) < 4.78 is 5.44. The lowest BCUT2D eigenvalue weighted by atomic mass is 10.2. The van der Waals surface area contributed by atoms with Crippen LogP contribution in [0.15, 0.2) is 30.2 Å². The minimum atomic E-state index is -0.241. The van der Waals surface area contributed by atoms with Crippen LogP contribution in [0.3, 0.4) is 0 Å². The third-order valence-corrected chi connectivity index (χ3v) is 3.65. The molecule has 0 bridgehead atoms. The van der Waals surface area contributed by atoms with Gasteiger partial charge in [-0.25, -0.2) is 0 Å². The van der Waals surface area contributed by atoms with E-state index in [2.05, 4.69) is 6.58 Å². The predicted octanol–water partition coefficient (Wildman–Crippen LogP) is 2.44. The van der Waals surface area contributed by atoms with Crippen molar-refractivity contribution in [2.24, 2.45) is 0 Å². The van der Waals surface area contributed by atoms with Crippen LogP contribution in [-0.2, 0) is 16.1 Å². The quantitative estimate of drug-likeness (QED) is 0.752. The van der Waals surface area contributed by atoms with Gasteiger partial charge in [0.2, 0.25) is 0 Å². The summed E-state index contributed by atoms with van der Waals surface area (Å²) in [6.45, 7) is 5.65. The van der Waals surface area contributed by atoms with Gasteiger partial charge in [0.05, 0.1) is 6.54 Å². The van der Waals surface area contributed by atoms with E-state index in [4.69, 9.17) is 4.74 Å². The summed E-state index contributed by atoms with van der Waals surface area (Å²) in [5.41, 5.74) is 0. The van der Waals surface area contributed by atoms with Crippen LogP contribution in [0.5, 0.6) is 0 Å². The fourth-order valence-corrected chi connectivity index (χ4v) is 2.67. The summed E-state index contributed by atoms with van der Waals surface area (Å²) in [7, 11) is 0. The van der Waals surface area contributed by atoms with Crippen molar-refractivity contribution in [2.75, 3.05) is 13.2 Å². The number of carbonyl (C=O) groups excluding carboxylic acids is 1. The molecule has 2 heterocycles. The molecule has 2 rings (SSSR count). The Bertz CT molecular complexity index is 369. The normalized spacial score (nSPS) is 19.2. The molecule has 4 heteroatoms. The number of rotatable bonds is 5. The van der Waals surface area contributed by atoms with Gasteiger partial charge in [-0.1, -0.05) is 12.1 Å². The van der Waals surface area contributed by atoms with E-state index in [9.17, 15) is 4.79 Å². The van der Waals surface area contributed by atoms with E-state index in [1.807, 2.05) is 22.4 Å². The second-order valence-electron chi connectivity index (χ2n) is 4.09. The monoisotopic (exact) mass is 251 g/mol. The molecule has 0 N–H and O–H groups in total. The van der Waals surface area contributed by atoms with Crippen LogP contribution < -0.4 is 0 Å². The first-order valence-electron chi connectivity index (χ1n) is 5.85. The molecule has 1 aliphatic heterocycles. The first kappa shape index (κ1) is 12.3. The summed E-state index contributed by atoms with van der Waals surface area (Å²) in [5, 5.41) is 2.03. The minimum absolute atomic E-state index is 0.0933. The fraction of sp³-hybridized carbons (Fsp3) is 0.462. The van der Waals surface area contributed by atoms with Crippen molar-refractivity contribution in [1.29, 1.82) is 0 Å². The van der Waals surface area contributed by atoms with E-state index < -0.39 is 0 Å². The van der Waals surface area contributed by atoms with Gasteiger partial charge in [-0.2, -0.15) is 0 Å². The number of carbonyl (C=O) groups is 1. The molecule has 0 aromatic carbocycles. The summed E-state index contributed by atoms with van der Waals surface area (Å²) in [6, 6.07) is 4.05. The maximum atomic E-state index is 12.2. The topological polar surface area (TPSA) is 29.5 Å². The summed E-state index contributed by atoms with van der Waals surface area (Å²) in [6.07, 6.45) is 3.35. The Morgan fingerprint density at radius 1 is 1.71 bits per heavy atom. The Hall–Kier alpha value is -1.13. The highest BCUT2D eigenvalue weighted by Gasteiger charge is 2.27. The lowest BCUT2D eigenvalue weighted by molar-refractivity contribution is -0.140. The Morgan fingerprint density at radius 2 is 2.59 bits per heavy atom. The highest BCUT2D eigenvalue weighted by molar-refractivity contribution is 7.09. The van der Waals surface area contributed by atoms with Gasteiger partial charge in [-0.3, -0.25) is 4.79 Å². The standard InChI is InChI=1S/C13H17NO2S/c1-2-7-14(10-11-5-4-9-17-11)13(15)12-6-3-8-16-12/h2,4-5,9,12H,1,3,6-8,10H2. The van der Waals surface area contributed by atoms with Crippen molar-refractivity contribution >= 4 is 17.2 Å². The molecule has 1 fully saturated rings. The Labute approximate surface area is 106 Å². The lowest BCUT2D eigenvalue weighted by Crippen LogP contribution is -2.38. The minimum Gasteiger partial charge on any atom is -0.368 e. The van der Waals surface area contributed by atoms with E-state index >= 15 is 0 Å². The van der Waals surface area contributed by atoms with Crippen molar-refractivity contribution in [3.8, 4) is 0 Å². The number of thiophene rings is 1. The van der Waals surface area contributed by atoms with Gasteiger partial charge in [0.15, 0.2) is 0 Å². The summed E-state index contributed by atoms with van der Waals surface area (Å²) in [5.74, 6) is 0.0933. The molecule has 1 aliphatic rings. The molecular weight excluding hydrogens is 234 g/mol. The van der Waals surface area contributed by atoms with Crippen LogP contribution in [-0.4, -0.2) is 30.1 Å². The maximum Gasteiger partial charge on any atom is 0.252 e. The van der Waals surface area contributed by atoms with Gasteiger partial charge in [-0.15, -0.1) is 17.9 Å². The average Bonchev–Trinajstić information content (AvgIpc) is 3.00. The van der Waals surface area contributed by atoms with Crippen molar-refractivity contribution in [3.63, 3.8) is 0 Å². The first-order valence-corrected chi connectivity index (χ1v) is 6.73. The summed E-state index contributed by atoms with van der Waals surface area (Å²) >= 11 is 1.67. The molecule has 0 radical (unpaired) electrons. The Balaban J connectivity index is 2.00. The Kier molecular flexibility index (Phi) is 4.34. The van der Waals surface area contributed by atoms with Crippen molar-refractivity contribution in [3.05, 3.63) is 35.0 Å². The average molecular weight is 251 g/mol. The number of hydrogen-bond acceptors (Lipinski definition) is 3. The SMILES string of the molecule is C=CCN(Cc1cccs1)C(=O)C1CCCO1. The van der Waals surface area contributed by atoms with Crippen LogP contribution in [0.1, 0.15) is 17.7 Å². The molecule has 3 nitrogen and oxygen atoms in total. The van der Waals surface area contributed by atoms with E-state index in [1.54, 1.807) is 17.4 Å². The third kappa shape index (κ3) is 3.17. The molecule has 1 atom stereocenters. The molecule has 17 heavy (non-hydrogen) atoms. The number of hydrogen-bond donors (Lipinski definition) is 0. The van der Waals surface area contributed by atoms with Gasteiger partial charge < -0.3 is 9.64 Å². The van der Waals surface area contributed by atoms with Crippen LogP contribution >= 0.6 is 11.3 Å². The summed E-state index contributed by atoms with van der Waals surface area (Å²) in [4.78, 5) is 15.2. The lowest BCUT2D eigenvalue weighted by Gasteiger charge is -2.23. The predicted molar refractivity (Wildman–Crippen MR) is 68.9 cm³/mol. The molecule has 1 aromatic heterocycles. The molecule has 1 amide bonds. The van der Waals surface area contributed by atoms with Crippen LogP contribution in [0, 0.1) is 0 Å². The second-order valence-corrected chi connectivity index (χ2v) is 5.12. The zero-order chi connectivity index (χ0) is 12.1. The van der Waals surface area contributed by atoms with E-state index in [0.29, 0.717) is 19.7 Å². The van der Waals surface area contributed by atoms with Crippen LogP contribution in [0.4, 0.5) is 0 Å². The van der Waals surface area contributed by atoms with Crippen LogP contribution in [0.2, 0.25) is 0 Å². The van der Waals surface area contributed by atoms with Gasteiger partial charge in [0.1, 0.15) is 6.10 Å². The zero-order valence-corrected chi connectivity index (χ0v) is 10.6. The number of ether oxygens (including phenoxy) is 1. The smallest absolute Gasteiger partial charge is 0.252 e. The number of amides is 1. The molecule has 0 saturated carbocycles. The van der Waals surface area contributed by atoms with Crippen molar-refractivity contribution in [2.45, 2.75) is 25.5 Å². The van der Waals surface area contributed by atoms with E-state index in [0.717, 1.165) is 12.8 Å². The molecule has 1 aromatic rings. The first-order chi connectivity index (χ1) is 8.31. The van der Waals surface area contributed by atoms with E-state index in [1.165, 1.54) is 4.88 Å². The third-order valence-electron chi connectivity index (χ3n) is 2.79. The molecule has 92 valence electrons.